The molecular formula is C5H17N5. The normalized spacial score (nSPS) is 10.8. The zero-order chi connectivity index (χ0) is 7.82. The van der Waals surface area contributed by atoms with E-state index in [0.29, 0.717) is 13.1 Å². The van der Waals surface area contributed by atoms with E-state index in [2.05, 4.69) is 17.8 Å². The van der Waals surface area contributed by atoms with E-state index in [4.69, 9.17) is 11.7 Å². The minimum atomic E-state index is 0.688. The third kappa shape index (κ3) is 5.93. The highest BCUT2D eigenvalue weighted by Crippen LogP contribution is 1.71. The molecule has 0 aliphatic heterocycles. The van der Waals surface area contributed by atoms with Crippen LogP contribution in [0.4, 0.5) is 0 Å². The van der Waals surface area contributed by atoms with Crippen LogP contribution in [0.2, 0.25) is 0 Å². The van der Waals surface area contributed by atoms with E-state index in [9.17, 15) is 0 Å². The number of hydrazine groups is 3. The Balaban J connectivity index is 3.00. The highest BCUT2D eigenvalue weighted by Gasteiger charge is 1.92. The molecule has 0 fully saturated rings. The van der Waals surface area contributed by atoms with Crippen molar-refractivity contribution in [3.8, 4) is 0 Å². The Morgan fingerprint density at radius 1 is 1.40 bits per heavy atom. The summed E-state index contributed by atoms with van der Waals surface area (Å²) in [7, 11) is 0. The Morgan fingerprint density at radius 3 is 2.60 bits per heavy atom. The summed E-state index contributed by atoms with van der Waals surface area (Å²) in [6, 6.07) is 0. The number of hydrogen-bond donors (Lipinski definition) is 4. The molecule has 0 heterocycles. The van der Waals surface area contributed by atoms with Gasteiger partial charge in [0.25, 0.3) is 0 Å². The number of hydrogen-bond acceptors (Lipinski definition) is 5. The standard InChI is InChI=1S/C5H17N5/c1-2-3-9-10(7)5-4-8-6/h8-9H,2-7H2,1H3. The molecule has 0 amide bonds. The molecule has 0 aromatic heterocycles. The van der Waals surface area contributed by atoms with Gasteiger partial charge in [-0.25, -0.2) is 5.43 Å². The Kier molecular flexibility index (Phi) is 6.78. The van der Waals surface area contributed by atoms with E-state index in [-0.39, 0.29) is 0 Å². The van der Waals surface area contributed by atoms with Gasteiger partial charge in [-0.3, -0.25) is 17.1 Å². The van der Waals surface area contributed by atoms with Crippen molar-refractivity contribution in [2.24, 2.45) is 11.7 Å². The first-order chi connectivity index (χ1) is 4.81. The van der Waals surface area contributed by atoms with Crippen LogP contribution in [0.15, 0.2) is 0 Å². The van der Waals surface area contributed by atoms with Crippen LogP contribution in [0.1, 0.15) is 13.3 Å². The lowest BCUT2D eigenvalue weighted by Gasteiger charge is -2.16. The lowest BCUT2D eigenvalue weighted by Crippen LogP contribution is -2.48. The first-order valence-electron chi connectivity index (χ1n) is 3.50. The fourth-order valence-corrected chi connectivity index (χ4v) is 0.519. The predicted molar refractivity (Wildman–Crippen MR) is 41.4 cm³/mol. The van der Waals surface area contributed by atoms with Crippen LogP contribution in [-0.2, 0) is 0 Å². The van der Waals surface area contributed by atoms with Crippen LogP contribution in [-0.4, -0.2) is 24.8 Å². The van der Waals surface area contributed by atoms with Crippen LogP contribution >= 0.6 is 0 Å². The van der Waals surface area contributed by atoms with Crippen molar-refractivity contribution in [2.45, 2.75) is 13.3 Å². The average molecular weight is 147 g/mol. The molecule has 0 saturated carbocycles. The highest BCUT2D eigenvalue weighted by atomic mass is 15.7. The van der Waals surface area contributed by atoms with E-state index >= 15 is 0 Å². The molecule has 0 aliphatic carbocycles. The number of nitrogens with two attached hydrogens (primary N) is 2. The van der Waals surface area contributed by atoms with Gasteiger partial charge in [-0.05, 0) is 6.42 Å². The van der Waals surface area contributed by atoms with Gasteiger partial charge >= 0.3 is 0 Å². The third-order valence-electron chi connectivity index (χ3n) is 1.06. The third-order valence-corrected chi connectivity index (χ3v) is 1.06. The number of rotatable bonds is 6. The summed E-state index contributed by atoms with van der Waals surface area (Å²) in [5.74, 6) is 10.5. The van der Waals surface area contributed by atoms with Gasteiger partial charge in [0.2, 0.25) is 0 Å². The van der Waals surface area contributed by atoms with Crippen LogP contribution in [0.25, 0.3) is 0 Å². The fourth-order valence-electron chi connectivity index (χ4n) is 0.519. The maximum atomic E-state index is 5.47. The molecule has 5 heteroatoms. The van der Waals surface area contributed by atoms with Gasteiger partial charge in [-0.15, -0.1) is 0 Å². The lowest BCUT2D eigenvalue weighted by atomic mass is 10.5. The molecule has 0 bridgehead atoms. The summed E-state index contributed by atoms with van der Waals surface area (Å²) in [5.41, 5.74) is 5.50. The topological polar surface area (TPSA) is 79.3 Å². The minimum Gasteiger partial charge on any atom is -0.271 e. The maximum absolute atomic E-state index is 5.47. The van der Waals surface area contributed by atoms with Crippen LogP contribution in [0.3, 0.4) is 0 Å². The zero-order valence-electron chi connectivity index (χ0n) is 6.43. The number of nitrogens with one attached hydrogen (secondary N) is 2. The summed E-state index contributed by atoms with van der Waals surface area (Å²) < 4.78 is 0. The molecule has 0 rings (SSSR count). The van der Waals surface area contributed by atoms with Gasteiger partial charge in [0.15, 0.2) is 0 Å². The zero-order valence-corrected chi connectivity index (χ0v) is 6.43. The van der Waals surface area contributed by atoms with Gasteiger partial charge in [-0.2, -0.15) is 5.12 Å². The van der Waals surface area contributed by atoms with Crippen LogP contribution in [0.5, 0.6) is 0 Å². The van der Waals surface area contributed by atoms with Crippen molar-refractivity contribution in [2.75, 3.05) is 19.6 Å². The monoisotopic (exact) mass is 147 g/mol. The molecule has 0 unspecified atom stereocenters. The summed E-state index contributed by atoms with van der Waals surface area (Å²) in [6.45, 7) is 4.38. The molecule has 0 saturated heterocycles. The second-order valence-corrected chi connectivity index (χ2v) is 2.06. The second-order valence-electron chi connectivity index (χ2n) is 2.06. The van der Waals surface area contributed by atoms with Crippen molar-refractivity contribution < 1.29 is 0 Å². The SMILES string of the molecule is CCCNN(N)CCNN. The Hall–Kier alpha value is -0.200. The molecule has 6 N–H and O–H groups in total. The molecule has 5 nitrogen and oxygen atoms in total. The second kappa shape index (κ2) is 6.91. The van der Waals surface area contributed by atoms with E-state index in [1.54, 1.807) is 0 Å². The van der Waals surface area contributed by atoms with Crippen molar-refractivity contribution in [1.29, 1.82) is 0 Å². The predicted octanol–water partition coefficient (Wildman–Crippen LogP) is -1.46. The van der Waals surface area contributed by atoms with Crippen molar-refractivity contribution in [1.82, 2.24) is 16.0 Å². The van der Waals surface area contributed by atoms with Gasteiger partial charge in [-0.1, -0.05) is 6.92 Å². The van der Waals surface area contributed by atoms with Crippen molar-refractivity contribution in [3.63, 3.8) is 0 Å². The molecule has 0 spiro atoms. The van der Waals surface area contributed by atoms with Gasteiger partial charge < -0.3 is 0 Å². The molecular weight excluding hydrogens is 130 g/mol. The van der Waals surface area contributed by atoms with E-state index in [1.807, 2.05) is 0 Å². The first-order valence-corrected chi connectivity index (χ1v) is 3.50. The minimum absolute atomic E-state index is 0.688. The fraction of sp³-hybridized carbons (Fsp3) is 1.00. The smallest absolute Gasteiger partial charge is 0.0424 e. The quantitative estimate of drug-likeness (QED) is 0.273. The highest BCUT2D eigenvalue weighted by molar-refractivity contribution is 4.43. The summed E-state index contributed by atoms with van der Waals surface area (Å²) >= 11 is 0. The molecule has 0 aromatic carbocycles. The van der Waals surface area contributed by atoms with E-state index in [1.165, 1.54) is 5.12 Å². The largest absolute Gasteiger partial charge is 0.271 e. The molecule has 62 valence electrons. The summed E-state index contributed by atoms with van der Waals surface area (Å²) in [6.07, 6.45) is 1.07. The average Bonchev–Trinajstić information content (AvgIpc) is 1.97. The molecule has 10 heavy (non-hydrogen) atoms. The Morgan fingerprint density at radius 2 is 2.10 bits per heavy atom. The molecule has 0 radical (unpaired) electrons. The number of nitrogens with zero attached hydrogens (tertiary/aromatic N) is 1. The maximum Gasteiger partial charge on any atom is 0.0424 e. The van der Waals surface area contributed by atoms with Crippen LogP contribution < -0.4 is 22.5 Å². The van der Waals surface area contributed by atoms with E-state index < -0.39 is 0 Å². The molecule has 0 aliphatic rings. The van der Waals surface area contributed by atoms with Crippen molar-refractivity contribution >= 4 is 0 Å². The lowest BCUT2D eigenvalue weighted by molar-refractivity contribution is 0.193. The first kappa shape index (κ1) is 9.80. The van der Waals surface area contributed by atoms with Gasteiger partial charge in [0.1, 0.15) is 0 Å². The van der Waals surface area contributed by atoms with Crippen molar-refractivity contribution in [3.05, 3.63) is 0 Å². The summed E-state index contributed by atoms with van der Waals surface area (Å²) in [5, 5.41) is 1.53. The van der Waals surface area contributed by atoms with Crippen LogP contribution in [0, 0.1) is 0 Å². The molecule has 0 aromatic rings. The molecule has 0 atom stereocenters. The Labute approximate surface area is 61.6 Å². The van der Waals surface area contributed by atoms with Gasteiger partial charge in [0, 0.05) is 19.6 Å². The van der Waals surface area contributed by atoms with Gasteiger partial charge in [0.05, 0.1) is 0 Å². The summed E-state index contributed by atoms with van der Waals surface area (Å²) in [4.78, 5) is 0. The van der Waals surface area contributed by atoms with E-state index in [0.717, 1.165) is 13.0 Å². The Bertz CT molecular complexity index is 59.1.